The van der Waals surface area contributed by atoms with Crippen molar-refractivity contribution in [3.05, 3.63) is 63.8 Å². The molecule has 0 spiro atoms. The third kappa shape index (κ3) is 3.77. The minimum atomic E-state index is -3.70. The van der Waals surface area contributed by atoms with E-state index in [1.807, 2.05) is 32.0 Å². The summed E-state index contributed by atoms with van der Waals surface area (Å²) in [7, 11) is -3.70. The zero-order valence-corrected chi connectivity index (χ0v) is 16.4. The van der Waals surface area contributed by atoms with Crippen molar-refractivity contribution < 1.29 is 12.9 Å². The monoisotopic (exact) mass is 420 g/mol. The first kappa shape index (κ1) is 17.7. The van der Waals surface area contributed by atoms with E-state index in [9.17, 15) is 8.42 Å². The van der Waals surface area contributed by atoms with E-state index in [4.69, 9.17) is 4.52 Å². The van der Waals surface area contributed by atoms with Crippen molar-refractivity contribution in [2.45, 2.75) is 25.7 Å². The first-order valence-electron chi connectivity index (χ1n) is 7.59. The second-order valence-corrected chi connectivity index (χ2v) is 8.41. The summed E-state index contributed by atoms with van der Waals surface area (Å²) >= 11 is 3.39. The highest BCUT2D eigenvalue weighted by Gasteiger charge is 2.19. The maximum Gasteiger partial charge on any atom is 0.262 e. The quantitative estimate of drug-likeness (QED) is 0.655. The molecule has 0 aliphatic rings. The van der Waals surface area contributed by atoms with Crippen molar-refractivity contribution in [2.24, 2.45) is 0 Å². The minimum absolute atomic E-state index is 0.222. The molecule has 0 bridgehead atoms. The van der Waals surface area contributed by atoms with Crippen molar-refractivity contribution in [2.75, 3.05) is 4.72 Å². The zero-order chi connectivity index (χ0) is 18.2. The molecule has 25 heavy (non-hydrogen) atoms. The van der Waals surface area contributed by atoms with Crippen molar-refractivity contribution in [3.8, 4) is 11.3 Å². The minimum Gasteiger partial charge on any atom is -0.356 e. The number of benzene rings is 2. The Morgan fingerprint density at radius 2 is 1.80 bits per heavy atom. The van der Waals surface area contributed by atoms with Gasteiger partial charge >= 0.3 is 0 Å². The topological polar surface area (TPSA) is 72.2 Å². The van der Waals surface area contributed by atoms with Gasteiger partial charge in [-0.1, -0.05) is 11.2 Å². The molecule has 130 valence electrons. The van der Waals surface area contributed by atoms with Crippen LogP contribution in [0, 0.1) is 20.8 Å². The molecular weight excluding hydrogens is 404 g/mol. The Hall–Kier alpha value is -2.12. The van der Waals surface area contributed by atoms with Crippen molar-refractivity contribution in [1.82, 2.24) is 5.16 Å². The number of hydrogen-bond acceptors (Lipinski definition) is 4. The standard InChI is InChI=1S/C18H17BrN2O3S/c1-11-4-6-16(15(19)8-11)21-25(22,23)18-7-5-14(9-12(18)2)17-10-13(3)20-24-17/h4-10,21H,1-3H3. The van der Waals surface area contributed by atoms with Crippen LogP contribution in [0.25, 0.3) is 11.3 Å². The van der Waals surface area contributed by atoms with E-state index in [2.05, 4.69) is 25.8 Å². The van der Waals surface area contributed by atoms with E-state index >= 15 is 0 Å². The van der Waals surface area contributed by atoms with Gasteiger partial charge < -0.3 is 4.52 Å². The molecule has 1 heterocycles. The van der Waals surface area contributed by atoms with Crippen LogP contribution < -0.4 is 4.72 Å². The number of sulfonamides is 1. The number of hydrogen-bond donors (Lipinski definition) is 1. The lowest BCUT2D eigenvalue weighted by atomic mass is 10.1. The van der Waals surface area contributed by atoms with Gasteiger partial charge in [0.05, 0.1) is 16.3 Å². The van der Waals surface area contributed by atoms with Gasteiger partial charge in [-0.25, -0.2) is 8.42 Å². The predicted molar refractivity (Wildman–Crippen MR) is 101 cm³/mol. The molecule has 3 aromatic rings. The zero-order valence-electron chi connectivity index (χ0n) is 14.0. The molecule has 0 atom stereocenters. The fourth-order valence-electron chi connectivity index (χ4n) is 2.51. The lowest BCUT2D eigenvalue weighted by molar-refractivity contribution is 0.427. The van der Waals surface area contributed by atoms with Crippen LogP contribution in [-0.4, -0.2) is 13.6 Å². The highest BCUT2D eigenvalue weighted by atomic mass is 79.9. The van der Waals surface area contributed by atoms with E-state index in [0.717, 1.165) is 16.8 Å². The number of aryl methyl sites for hydroxylation is 3. The molecule has 1 aromatic heterocycles. The molecule has 2 aromatic carbocycles. The lowest BCUT2D eigenvalue weighted by Gasteiger charge is -2.12. The Labute approximate surface area is 155 Å². The second-order valence-electron chi connectivity index (χ2n) is 5.90. The summed E-state index contributed by atoms with van der Waals surface area (Å²) in [6.07, 6.45) is 0. The van der Waals surface area contributed by atoms with Gasteiger partial charge in [0.2, 0.25) is 0 Å². The first-order valence-corrected chi connectivity index (χ1v) is 9.87. The third-order valence-corrected chi connectivity index (χ3v) is 5.93. The maximum absolute atomic E-state index is 12.7. The molecule has 1 N–H and O–H groups in total. The largest absolute Gasteiger partial charge is 0.356 e. The number of nitrogens with one attached hydrogen (secondary N) is 1. The fraction of sp³-hybridized carbons (Fsp3) is 0.167. The average molecular weight is 421 g/mol. The van der Waals surface area contributed by atoms with Crippen LogP contribution in [0.4, 0.5) is 5.69 Å². The lowest BCUT2D eigenvalue weighted by Crippen LogP contribution is -2.14. The Balaban J connectivity index is 1.94. The molecule has 3 rings (SSSR count). The van der Waals surface area contributed by atoms with Gasteiger partial charge in [-0.15, -0.1) is 0 Å². The van der Waals surface area contributed by atoms with Crippen LogP contribution in [0.1, 0.15) is 16.8 Å². The summed E-state index contributed by atoms with van der Waals surface area (Å²) in [5.41, 5.74) is 3.73. The normalized spacial score (nSPS) is 11.5. The van der Waals surface area contributed by atoms with Gasteiger partial charge in [0, 0.05) is 16.1 Å². The van der Waals surface area contributed by atoms with Crippen LogP contribution in [0.15, 0.2) is 56.4 Å². The Bertz CT molecular complexity index is 1040. The smallest absolute Gasteiger partial charge is 0.262 e. The number of nitrogens with zero attached hydrogens (tertiary/aromatic N) is 1. The van der Waals surface area contributed by atoms with Crippen LogP contribution in [0.2, 0.25) is 0 Å². The summed E-state index contributed by atoms with van der Waals surface area (Å²) in [6.45, 7) is 5.53. The van der Waals surface area contributed by atoms with Gasteiger partial charge in [0.25, 0.3) is 10.0 Å². The Kier molecular flexibility index (Phi) is 4.71. The van der Waals surface area contributed by atoms with E-state index in [1.165, 1.54) is 0 Å². The Morgan fingerprint density at radius 1 is 1.04 bits per heavy atom. The third-order valence-electron chi connectivity index (χ3n) is 3.75. The van der Waals surface area contributed by atoms with Crippen molar-refractivity contribution in [3.63, 3.8) is 0 Å². The van der Waals surface area contributed by atoms with Crippen molar-refractivity contribution in [1.29, 1.82) is 0 Å². The van der Waals surface area contributed by atoms with E-state index in [-0.39, 0.29) is 4.90 Å². The summed E-state index contributed by atoms with van der Waals surface area (Å²) in [4.78, 5) is 0.222. The van der Waals surface area contributed by atoms with E-state index in [0.29, 0.717) is 21.5 Å². The summed E-state index contributed by atoms with van der Waals surface area (Å²) in [5, 5.41) is 3.86. The molecule has 0 saturated carbocycles. The summed E-state index contributed by atoms with van der Waals surface area (Å²) in [5.74, 6) is 0.610. The molecule has 0 radical (unpaired) electrons. The molecule has 0 unspecified atom stereocenters. The van der Waals surface area contributed by atoms with Crippen LogP contribution in [-0.2, 0) is 10.0 Å². The van der Waals surface area contributed by atoms with Gasteiger partial charge in [-0.05, 0) is 78.2 Å². The first-order chi connectivity index (χ1) is 11.8. The highest BCUT2D eigenvalue weighted by Crippen LogP contribution is 2.29. The van der Waals surface area contributed by atoms with Crippen LogP contribution >= 0.6 is 15.9 Å². The molecule has 7 heteroatoms. The molecule has 0 fully saturated rings. The number of aromatic nitrogens is 1. The highest BCUT2D eigenvalue weighted by molar-refractivity contribution is 9.10. The SMILES string of the molecule is Cc1ccc(NS(=O)(=O)c2ccc(-c3cc(C)no3)cc2C)c(Br)c1. The Morgan fingerprint density at radius 3 is 2.40 bits per heavy atom. The average Bonchev–Trinajstić information content (AvgIpc) is 2.96. The summed E-state index contributed by atoms with van der Waals surface area (Å²) in [6, 6.07) is 12.3. The summed E-state index contributed by atoms with van der Waals surface area (Å²) < 4.78 is 34.0. The van der Waals surface area contributed by atoms with Gasteiger partial charge in [-0.2, -0.15) is 0 Å². The molecule has 0 amide bonds. The van der Waals surface area contributed by atoms with Gasteiger partial charge in [-0.3, -0.25) is 4.72 Å². The number of rotatable bonds is 4. The second kappa shape index (κ2) is 6.65. The van der Waals surface area contributed by atoms with E-state index in [1.54, 1.807) is 31.2 Å². The predicted octanol–water partition coefficient (Wildman–Crippen LogP) is 4.83. The maximum atomic E-state index is 12.7. The molecule has 5 nitrogen and oxygen atoms in total. The molecule has 0 aliphatic carbocycles. The molecule has 0 saturated heterocycles. The van der Waals surface area contributed by atoms with Crippen molar-refractivity contribution >= 4 is 31.6 Å². The fourth-order valence-corrected chi connectivity index (χ4v) is 4.54. The molecular formula is C18H17BrN2O3S. The number of halogens is 1. The van der Waals surface area contributed by atoms with Crippen LogP contribution in [0.5, 0.6) is 0 Å². The van der Waals surface area contributed by atoms with Gasteiger partial charge in [0.1, 0.15) is 0 Å². The molecule has 0 aliphatic heterocycles. The van der Waals surface area contributed by atoms with E-state index < -0.39 is 10.0 Å². The van der Waals surface area contributed by atoms with Crippen LogP contribution in [0.3, 0.4) is 0 Å². The van der Waals surface area contributed by atoms with Gasteiger partial charge in [0.15, 0.2) is 5.76 Å². The number of anilines is 1.